The highest BCUT2D eigenvalue weighted by atomic mass is 35.5. The van der Waals surface area contributed by atoms with Crippen LogP contribution in [0.5, 0.6) is 5.75 Å². The predicted octanol–water partition coefficient (Wildman–Crippen LogP) is 3.49. The van der Waals surface area contributed by atoms with Crippen LogP contribution in [0.1, 0.15) is 36.8 Å². The van der Waals surface area contributed by atoms with E-state index < -0.39 is 0 Å². The number of hydrogen-bond donors (Lipinski definition) is 0. The van der Waals surface area contributed by atoms with E-state index in [1.54, 1.807) is 6.33 Å². The molecule has 0 amide bonds. The molecule has 5 heteroatoms. The first-order valence-corrected chi connectivity index (χ1v) is 6.82. The summed E-state index contributed by atoms with van der Waals surface area (Å²) in [6, 6.07) is 6.24. The Morgan fingerprint density at radius 1 is 1.37 bits per heavy atom. The summed E-state index contributed by atoms with van der Waals surface area (Å²) in [6.07, 6.45) is 1.55. The molecule has 0 atom stereocenters. The molecule has 19 heavy (non-hydrogen) atoms. The highest BCUT2D eigenvalue weighted by molar-refractivity contribution is 6.17. The fourth-order valence-electron chi connectivity index (χ4n) is 1.97. The van der Waals surface area contributed by atoms with Gasteiger partial charge in [-0.05, 0) is 26.3 Å². The van der Waals surface area contributed by atoms with Gasteiger partial charge in [-0.15, -0.1) is 11.6 Å². The fourth-order valence-corrected chi connectivity index (χ4v) is 2.18. The Morgan fingerprint density at radius 2 is 2.16 bits per heavy atom. The molecular weight excluding hydrogens is 262 g/mol. The molecule has 0 saturated heterocycles. The minimum atomic E-state index is 0.269. The number of nitrogens with zero attached hydrogens (tertiary/aromatic N) is 3. The third-order valence-electron chi connectivity index (χ3n) is 2.92. The van der Waals surface area contributed by atoms with E-state index in [1.807, 2.05) is 29.8 Å². The summed E-state index contributed by atoms with van der Waals surface area (Å²) in [5, 5.41) is 4.19. The molecule has 102 valence electrons. The van der Waals surface area contributed by atoms with Gasteiger partial charge in [0.05, 0.1) is 5.88 Å². The lowest BCUT2D eigenvalue weighted by Gasteiger charge is -2.14. The molecule has 0 unspecified atom stereocenters. The molecule has 1 heterocycles. The van der Waals surface area contributed by atoms with Gasteiger partial charge in [-0.3, -0.25) is 0 Å². The van der Waals surface area contributed by atoms with E-state index in [1.165, 1.54) is 0 Å². The largest absolute Gasteiger partial charge is 0.485 e. The van der Waals surface area contributed by atoms with Crippen LogP contribution in [-0.4, -0.2) is 14.8 Å². The first-order chi connectivity index (χ1) is 9.13. The van der Waals surface area contributed by atoms with Crippen molar-refractivity contribution in [1.29, 1.82) is 0 Å². The Morgan fingerprint density at radius 3 is 2.84 bits per heavy atom. The van der Waals surface area contributed by atoms with Crippen molar-refractivity contribution in [3.63, 3.8) is 0 Å². The minimum Gasteiger partial charge on any atom is -0.485 e. The second kappa shape index (κ2) is 6.06. The van der Waals surface area contributed by atoms with Gasteiger partial charge in [-0.2, -0.15) is 5.10 Å². The third-order valence-corrected chi connectivity index (χ3v) is 3.21. The van der Waals surface area contributed by atoms with Crippen molar-refractivity contribution in [2.45, 2.75) is 39.3 Å². The van der Waals surface area contributed by atoms with Gasteiger partial charge in [0.1, 0.15) is 18.7 Å². The smallest absolute Gasteiger partial charge is 0.165 e. The lowest BCUT2D eigenvalue weighted by Crippen LogP contribution is -2.11. The van der Waals surface area contributed by atoms with Gasteiger partial charge in [-0.25, -0.2) is 9.67 Å². The topological polar surface area (TPSA) is 39.9 Å². The number of rotatable bonds is 5. The van der Waals surface area contributed by atoms with Crippen molar-refractivity contribution in [1.82, 2.24) is 14.8 Å². The molecule has 0 spiro atoms. The van der Waals surface area contributed by atoms with Crippen LogP contribution in [0.25, 0.3) is 0 Å². The van der Waals surface area contributed by atoms with Crippen LogP contribution in [0.15, 0.2) is 24.5 Å². The van der Waals surface area contributed by atoms with E-state index in [0.29, 0.717) is 12.5 Å². The van der Waals surface area contributed by atoms with Crippen LogP contribution < -0.4 is 4.74 Å². The number of halogens is 1. The Hall–Kier alpha value is -1.55. The van der Waals surface area contributed by atoms with E-state index in [0.717, 1.165) is 22.7 Å². The average molecular weight is 280 g/mol. The van der Waals surface area contributed by atoms with E-state index in [-0.39, 0.29) is 6.04 Å². The molecule has 0 aliphatic rings. The zero-order chi connectivity index (χ0) is 13.8. The second-order valence-electron chi connectivity index (χ2n) is 4.70. The highest BCUT2D eigenvalue weighted by Crippen LogP contribution is 2.25. The molecule has 0 aliphatic carbocycles. The van der Waals surface area contributed by atoms with Gasteiger partial charge in [0.2, 0.25) is 0 Å². The first-order valence-electron chi connectivity index (χ1n) is 6.29. The molecule has 0 radical (unpaired) electrons. The average Bonchev–Trinajstić information content (AvgIpc) is 2.85. The SMILES string of the molecule is Cc1cccc(CCl)c1OCc1ncnn1C(C)C. The lowest BCUT2D eigenvalue weighted by atomic mass is 10.1. The van der Waals surface area contributed by atoms with E-state index >= 15 is 0 Å². The summed E-state index contributed by atoms with van der Waals surface area (Å²) in [5.41, 5.74) is 2.08. The van der Waals surface area contributed by atoms with Crippen LogP contribution in [0.4, 0.5) is 0 Å². The summed E-state index contributed by atoms with van der Waals surface area (Å²) >= 11 is 5.93. The zero-order valence-electron chi connectivity index (χ0n) is 11.4. The highest BCUT2D eigenvalue weighted by Gasteiger charge is 2.11. The number of hydrogen-bond acceptors (Lipinski definition) is 3. The Bertz CT molecular complexity index is 551. The Balaban J connectivity index is 2.17. The maximum absolute atomic E-state index is 5.93. The molecule has 0 saturated carbocycles. The minimum absolute atomic E-state index is 0.269. The van der Waals surface area contributed by atoms with Crippen molar-refractivity contribution in [2.24, 2.45) is 0 Å². The van der Waals surface area contributed by atoms with E-state index in [2.05, 4.69) is 23.9 Å². The van der Waals surface area contributed by atoms with Gasteiger partial charge >= 0.3 is 0 Å². The number of ether oxygens (including phenoxy) is 1. The first kappa shape index (κ1) is 13.9. The number of para-hydroxylation sites is 1. The van der Waals surface area contributed by atoms with Crippen molar-refractivity contribution in [3.8, 4) is 5.75 Å². The van der Waals surface area contributed by atoms with Crippen molar-refractivity contribution in [3.05, 3.63) is 41.5 Å². The second-order valence-corrected chi connectivity index (χ2v) is 4.97. The summed E-state index contributed by atoms with van der Waals surface area (Å²) in [7, 11) is 0. The standard InChI is InChI=1S/C14H18ClN3O/c1-10(2)18-13(16-9-17-18)8-19-14-11(3)5-4-6-12(14)7-15/h4-6,9-10H,7-8H2,1-3H3. The van der Waals surface area contributed by atoms with E-state index in [4.69, 9.17) is 16.3 Å². The predicted molar refractivity (Wildman–Crippen MR) is 75.5 cm³/mol. The fraction of sp³-hybridized carbons (Fsp3) is 0.429. The Kier molecular flexibility index (Phi) is 4.43. The van der Waals surface area contributed by atoms with E-state index in [9.17, 15) is 0 Å². The van der Waals surface area contributed by atoms with Crippen LogP contribution in [0.3, 0.4) is 0 Å². The summed E-state index contributed by atoms with van der Waals surface area (Å²) < 4.78 is 7.75. The summed E-state index contributed by atoms with van der Waals surface area (Å²) in [5.74, 6) is 2.10. The monoisotopic (exact) mass is 279 g/mol. The van der Waals surface area contributed by atoms with Crippen molar-refractivity contribution < 1.29 is 4.74 Å². The van der Waals surface area contributed by atoms with Crippen molar-refractivity contribution in [2.75, 3.05) is 0 Å². The van der Waals surface area contributed by atoms with Gasteiger partial charge in [0.25, 0.3) is 0 Å². The lowest BCUT2D eigenvalue weighted by molar-refractivity contribution is 0.278. The molecule has 0 bridgehead atoms. The van der Waals surface area contributed by atoms with Crippen LogP contribution >= 0.6 is 11.6 Å². The van der Waals surface area contributed by atoms with Crippen molar-refractivity contribution >= 4 is 11.6 Å². The molecule has 0 fully saturated rings. The number of aromatic nitrogens is 3. The van der Waals surface area contributed by atoms with Crippen LogP contribution in [-0.2, 0) is 12.5 Å². The molecule has 2 rings (SSSR count). The van der Waals surface area contributed by atoms with Crippen LogP contribution in [0, 0.1) is 6.92 Å². The van der Waals surface area contributed by atoms with Gasteiger partial charge < -0.3 is 4.74 Å². The third kappa shape index (κ3) is 3.07. The van der Waals surface area contributed by atoms with Crippen LogP contribution in [0.2, 0.25) is 0 Å². The molecular formula is C14H18ClN3O. The number of alkyl halides is 1. The molecule has 1 aromatic carbocycles. The van der Waals surface area contributed by atoms with Gasteiger partial charge in [0.15, 0.2) is 5.82 Å². The van der Waals surface area contributed by atoms with Gasteiger partial charge in [0, 0.05) is 11.6 Å². The maximum atomic E-state index is 5.93. The summed E-state index contributed by atoms with van der Waals surface area (Å²) in [4.78, 5) is 4.23. The number of aryl methyl sites for hydroxylation is 1. The maximum Gasteiger partial charge on any atom is 0.165 e. The number of benzene rings is 1. The molecule has 4 nitrogen and oxygen atoms in total. The molecule has 0 aliphatic heterocycles. The summed E-state index contributed by atoms with van der Waals surface area (Å²) in [6.45, 7) is 6.54. The zero-order valence-corrected chi connectivity index (χ0v) is 12.2. The molecule has 0 N–H and O–H groups in total. The quantitative estimate of drug-likeness (QED) is 0.787. The van der Waals surface area contributed by atoms with Gasteiger partial charge in [-0.1, -0.05) is 18.2 Å². The normalized spacial score (nSPS) is 11.0. The molecule has 1 aromatic heterocycles. The molecule has 2 aromatic rings. The Labute approximate surface area is 118 Å².